The summed E-state index contributed by atoms with van der Waals surface area (Å²) in [4.78, 5) is 24.3. The second-order valence-corrected chi connectivity index (χ2v) is 9.27. The lowest BCUT2D eigenvalue weighted by atomic mass is 10.1. The summed E-state index contributed by atoms with van der Waals surface area (Å²) in [5.41, 5.74) is 0.567. The van der Waals surface area contributed by atoms with Crippen LogP contribution in [0.1, 0.15) is 29.8 Å². The Morgan fingerprint density at radius 2 is 1.73 bits per heavy atom. The summed E-state index contributed by atoms with van der Waals surface area (Å²) in [5.74, 6) is -0.625. The number of hydrogen-bond donors (Lipinski definition) is 0. The molecule has 1 aromatic heterocycles. The molecule has 1 heterocycles. The van der Waals surface area contributed by atoms with Gasteiger partial charge in [0.05, 0.1) is 10.5 Å². The van der Waals surface area contributed by atoms with E-state index in [2.05, 4.69) is 15.9 Å². The molecule has 0 saturated heterocycles. The molecular weight excluding hydrogens is 474 g/mol. The molecule has 3 aromatic rings. The predicted molar refractivity (Wildman–Crippen MR) is 116 cm³/mol. The summed E-state index contributed by atoms with van der Waals surface area (Å²) >= 11 is 3.32. The average molecular weight is 494 g/mol. The van der Waals surface area contributed by atoms with Crippen LogP contribution in [0.2, 0.25) is 0 Å². The molecular formula is C21H20BrNO6S. The number of benzene rings is 2. The van der Waals surface area contributed by atoms with Crippen LogP contribution in [0.5, 0.6) is 0 Å². The van der Waals surface area contributed by atoms with E-state index in [0.717, 1.165) is 4.47 Å². The maximum atomic E-state index is 12.5. The van der Waals surface area contributed by atoms with Gasteiger partial charge in [-0.2, -0.15) is 4.31 Å². The van der Waals surface area contributed by atoms with E-state index in [1.165, 1.54) is 34.6 Å². The Bertz CT molecular complexity index is 1230. The highest BCUT2D eigenvalue weighted by Gasteiger charge is 2.22. The molecule has 0 aliphatic rings. The lowest BCUT2D eigenvalue weighted by Gasteiger charge is -2.18. The molecule has 0 fully saturated rings. The van der Waals surface area contributed by atoms with E-state index in [0.29, 0.717) is 29.6 Å². The molecule has 3 rings (SSSR count). The van der Waals surface area contributed by atoms with Gasteiger partial charge >= 0.3 is 11.6 Å². The van der Waals surface area contributed by atoms with Crippen molar-refractivity contribution in [2.45, 2.75) is 25.3 Å². The number of carbonyl (C=O) groups excluding carboxylic acids is 1. The Labute approximate surface area is 182 Å². The van der Waals surface area contributed by atoms with Crippen LogP contribution in [0.4, 0.5) is 0 Å². The third-order valence-electron chi connectivity index (χ3n) is 4.58. The second-order valence-electron chi connectivity index (χ2n) is 6.42. The Morgan fingerprint density at radius 3 is 2.37 bits per heavy atom. The smallest absolute Gasteiger partial charge is 0.338 e. The predicted octanol–water partition coefficient (Wildman–Crippen LogP) is 3.94. The van der Waals surface area contributed by atoms with Gasteiger partial charge in [0.15, 0.2) is 0 Å². The fraction of sp³-hybridized carbons (Fsp3) is 0.238. The molecule has 0 spiro atoms. The maximum absolute atomic E-state index is 12.5. The van der Waals surface area contributed by atoms with Gasteiger partial charge in [-0.1, -0.05) is 29.8 Å². The van der Waals surface area contributed by atoms with Crippen LogP contribution >= 0.6 is 15.9 Å². The lowest BCUT2D eigenvalue weighted by Crippen LogP contribution is -2.30. The van der Waals surface area contributed by atoms with Crippen molar-refractivity contribution >= 4 is 42.9 Å². The van der Waals surface area contributed by atoms with Crippen LogP contribution in [0, 0.1) is 0 Å². The minimum Gasteiger partial charge on any atom is -0.457 e. The number of carbonyl (C=O) groups is 1. The number of halogens is 1. The van der Waals surface area contributed by atoms with Gasteiger partial charge in [-0.15, -0.1) is 0 Å². The molecule has 2 aromatic carbocycles. The normalized spacial score (nSPS) is 11.7. The quantitative estimate of drug-likeness (QED) is 0.365. The fourth-order valence-electron chi connectivity index (χ4n) is 3.03. The van der Waals surface area contributed by atoms with Crippen LogP contribution in [0.25, 0.3) is 11.0 Å². The first-order chi connectivity index (χ1) is 14.3. The van der Waals surface area contributed by atoms with Gasteiger partial charge in [0, 0.05) is 34.6 Å². The first kappa shape index (κ1) is 22.2. The SMILES string of the molecule is CCN(CC)S(=O)(=O)c1ccc(C(=O)OCc2cc(=O)oc3cc(Br)ccc23)cc1. The molecule has 0 radical (unpaired) electrons. The summed E-state index contributed by atoms with van der Waals surface area (Å²) in [6, 6.07) is 12.1. The van der Waals surface area contributed by atoms with Gasteiger partial charge in [0.2, 0.25) is 10.0 Å². The highest BCUT2D eigenvalue weighted by Crippen LogP contribution is 2.23. The third kappa shape index (κ3) is 4.63. The Kier molecular flexibility index (Phi) is 6.74. The van der Waals surface area contributed by atoms with Crippen molar-refractivity contribution in [3.05, 3.63) is 74.6 Å². The molecule has 9 heteroatoms. The average Bonchev–Trinajstić information content (AvgIpc) is 2.72. The molecule has 30 heavy (non-hydrogen) atoms. The zero-order valence-corrected chi connectivity index (χ0v) is 18.8. The molecule has 0 atom stereocenters. The van der Waals surface area contributed by atoms with E-state index < -0.39 is 21.6 Å². The first-order valence-corrected chi connectivity index (χ1v) is 11.5. The van der Waals surface area contributed by atoms with Gasteiger partial charge < -0.3 is 9.15 Å². The molecule has 0 aliphatic carbocycles. The summed E-state index contributed by atoms with van der Waals surface area (Å²) < 4.78 is 37.7. The zero-order valence-electron chi connectivity index (χ0n) is 16.4. The molecule has 7 nitrogen and oxygen atoms in total. The number of hydrogen-bond acceptors (Lipinski definition) is 6. The second kappa shape index (κ2) is 9.11. The van der Waals surface area contributed by atoms with Crippen LogP contribution in [0.15, 0.2) is 67.1 Å². The van der Waals surface area contributed by atoms with Crippen molar-refractivity contribution in [3.8, 4) is 0 Å². The molecule has 0 N–H and O–H groups in total. The zero-order chi connectivity index (χ0) is 21.9. The van der Waals surface area contributed by atoms with Crippen molar-refractivity contribution in [1.82, 2.24) is 4.31 Å². The molecule has 0 unspecified atom stereocenters. The highest BCUT2D eigenvalue weighted by atomic mass is 79.9. The Hall–Kier alpha value is -2.49. The van der Waals surface area contributed by atoms with Gasteiger partial charge in [-0.3, -0.25) is 0 Å². The van der Waals surface area contributed by atoms with E-state index in [4.69, 9.17) is 9.15 Å². The van der Waals surface area contributed by atoms with Crippen LogP contribution < -0.4 is 5.63 Å². The molecule has 0 amide bonds. The largest absolute Gasteiger partial charge is 0.457 e. The van der Waals surface area contributed by atoms with Crippen molar-refractivity contribution in [3.63, 3.8) is 0 Å². The molecule has 158 valence electrons. The molecule has 0 aliphatic heterocycles. The van der Waals surface area contributed by atoms with Gasteiger partial charge in [-0.25, -0.2) is 18.0 Å². The standard InChI is InChI=1S/C21H20BrNO6S/c1-3-23(4-2)30(26,27)17-8-5-14(6-9-17)21(25)28-13-15-11-20(24)29-19-12-16(22)7-10-18(15)19/h5-12H,3-4,13H2,1-2H3. The summed E-state index contributed by atoms with van der Waals surface area (Å²) in [6.45, 7) is 4.12. The topological polar surface area (TPSA) is 93.9 Å². The minimum absolute atomic E-state index is 0.111. The monoisotopic (exact) mass is 493 g/mol. The number of fused-ring (bicyclic) bond motifs is 1. The third-order valence-corrected chi connectivity index (χ3v) is 7.14. The number of nitrogens with zero attached hydrogens (tertiary/aromatic N) is 1. The fourth-order valence-corrected chi connectivity index (χ4v) is 4.82. The highest BCUT2D eigenvalue weighted by molar-refractivity contribution is 9.10. The van der Waals surface area contributed by atoms with Crippen LogP contribution in [-0.4, -0.2) is 31.8 Å². The minimum atomic E-state index is -3.60. The van der Waals surface area contributed by atoms with E-state index in [-0.39, 0.29) is 17.1 Å². The van der Waals surface area contributed by atoms with Crippen molar-refractivity contribution in [1.29, 1.82) is 0 Å². The van der Waals surface area contributed by atoms with E-state index in [1.807, 2.05) is 0 Å². The van der Waals surface area contributed by atoms with E-state index >= 15 is 0 Å². The number of rotatable bonds is 7. The Balaban J connectivity index is 1.78. The van der Waals surface area contributed by atoms with Gasteiger partial charge in [-0.05, 0) is 42.5 Å². The van der Waals surface area contributed by atoms with Crippen molar-refractivity contribution in [2.24, 2.45) is 0 Å². The lowest BCUT2D eigenvalue weighted by molar-refractivity contribution is 0.0473. The van der Waals surface area contributed by atoms with Crippen LogP contribution in [0.3, 0.4) is 0 Å². The summed E-state index contributed by atoms with van der Waals surface area (Å²) in [5, 5.41) is 0.659. The maximum Gasteiger partial charge on any atom is 0.338 e. The number of sulfonamides is 1. The van der Waals surface area contributed by atoms with Gasteiger partial charge in [0.1, 0.15) is 12.2 Å². The Morgan fingerprint density at radius 1 is 1.07 bits per heavy atom. The first-order valence-electron chi connectivity index (χ1n) is 9.26. The van der Waals surface area contributed by atoms with Crippen LogP contribution in [-0.2, 0) is 21.4 Å². The van der Waals surface area contributed by atoms with Crippen molar-refractivity contribution in [2.75, 3.05) is 13.1 Å². The number of ether oxygens (including phenoxy) is 1. The van der Waals surface area contributed by atoms with Crippen molar-refractivity contribution < 1.29 is 22.4 Å². The summed E-state index contributed by atoms with van der Waals surface area (Å²) in [6.07, 6.45) is 0. The molecule has 0 saturated carbocycles. The molecule has 0 bridgehead atoms. The number of esters is 1. The van der Waals surface area contributed by atoms with E-state index in [1.54, 1.807) is 32.0 Å². The summed E-state index contributed by atoms with van der Waals surface area (Å²) in [7, 11) is -3.60. The van der Waals surface area contributed by atoms with E-state index in [9.17, 15) is 18.0 Å². The van der Waals surface area contributed by atoms with Gasteiger partial charge in [0.25, 0.3) is 0 Å².